The third-order valence-corrected chi connectivity index (χ3v) is 6.76. The van der Waals surface area contributed by atoms with Crippen LogP contribution in [0.2, 0.25) is 0 Å². The van der Waals surface area contributed by atoms with E-state index in [1.54, 1.807) is 39.0 Å². The van der Waals surface area contributed by atoms with E-state index in [-0.39, 0.29) is 16.9 Å². The van der Waals surface area contributed by atoms with Crippen molar-refractivity contribution in [2.45, 2.75) is 44.1 Å². The summed E-state index contributed by atoms with van der Waals surface area (Å²) in [6.07, 6.45) is 3.11. The third kappa shape index (κ3) is 7.86. The van der Waals surface area contributed by atoms with Crippen LogP contribution >= 0.6 is 27.7 Å². The van der Waals surface area contributed by atoms with Crippen LogP contribution in [0.25, 0.3) is 11.9 Å². The van der Waals surface area contributed by atoms with E-state index in [0.29, 0.717) is 22.8 Å². The van der Waals surface area contributed by atoms with Crippen LogP contribution in [0.4, 0.5) is 13.6 Å². The fraction of sp³-hybridized carbons (Fsp3) is 0.360. The number of amides is 1. The number of rotatable bonds is 4. The number of halogens is 3. The molecule has 2 aliphatic rings. The van der Waals surface area contributed by atoms with Gasteiger partial charge in [-0.2, -0.15) is 0 Å². The molecule has 4 rings (SSSR count). The highest BCUT2D eigenvalue weighted by molar-refractivity contribution is 9.10. The number of hydrogen-bond donors (Lipinski definition) is 1. The Morgan fingerprint density at radius 2 is 2.00 bits per heavy atom. The van der Waals surface area contributed by atoms with Gasteiger partial charge < -0.3 is 9.47 Å². The van der Waals surface area contributed by atoms with Crippen molar-refractivity contribution in [3.8, 4) is 0 Å². The first-order chi connectivity index (χ1) is 17.0. The van der Waals surface area contributed by atoms with Crippen LogP contribution in [-0.4, -0.2) is 40.7 Å². The molecule has 7 nitrogen and oxygen atoms in total. The van der Waals surface area contributed by atoms with Gasteiger partial charge in [0.1, 0.15) is 17.2 Å². The summed E-state index contributed by atoms with van der Waals surface area (Å²) in [5.74, 6) is -0.752. The monoisotopic (exact) mass is 581 g/mol. The molecule has 36 heavy (non-hydrogen) atoms. The highest BCUT2D eigenvalue weighted by Gasteiger charge is 2.49. The predicted octanol–water partition coefficient (Wildman–Crippen LogP) is 6.30. The summed E-state index contributed by atoms with van der Waals surface area (Å²) in [4.78, 5) is 29.7. The van der Waals surface area contributed by atoms with Crippen molar-refractivity contribution in [2.24, 2.45) is 10.9 Å². The first kappa shape index (κ1) is 27.8. The molecular weight excluding hydrogens is 556 g/mol. The van der Waals surface area contributed by atoms with Gasteiger partial charge in [0.2, 0.25) is 0 Å². The number of aliphatic imine (C=N–C) groups is 1. The summed E-state index contributed by atoms with van der Waals surface area (Å²) >= 11 is 4.74. The fourth-order valence-corrected chi connectivity index (χ4v) is 4.90. The Bertz CT molecular complexity index is 1170. The second kappa shape index (κ2) is 12.0. The van der Waals surface area contributed by atoms with Crippen LogP contribution < -0.4 is 5.32 Å². The number of thioether (sulfide) groups is 1. The molecule has 1 aromatic carbocycles. The first-order valence-electron chi connectivity index (χ1n) is 11.0. The number of aromatic nitrogens is 1. The maximum atomic E-state index is 14.7. The number of fused-ring (bicyclic) bond motifs is 1. The van der Waals surface area contributed by atoms with Crippen molar-refractivity contribution in [3.63, 3.8) is 0 Å². The molecule has 1 saturated carbocycles. The van der Waals surface area contributed by atoms with E-state index in [4.69, 9.17) is 9.53 Å². The molecule has 1 fully saturated rings. The quantitative estimate of drug-likeness (QED) is 0.426. The summed E-state index contributed by atoms with van der Waals surface area (Å²) in [7, 11) is 1.31. The van der Waals surface area contributed by atoms with E-state index in [1.165, 1.54) is 43.3 Å². The van der Waals surface area contributed by atoms with Gasteiger partial charge in [0.15, 0.2) is 5.17 Å². The molecule has 0 saturated heterocycles. The van der Waals surface area contributed by atoms with Gasteiger partial charge in [-0.05, 0) is 84.9 Å². The minimum absolute atomic E-state index is 0.177. The van der Waals surface area contributed by atoms with Crippen molar-refractivity contribution in [3.05, 3.63) is 63.6 Å². The standard InChI is InChI=1S/C23H22BrF2N3O2S.C2H4O2/c1-23(2,3)31-22(30)29-21-28-20(15-10-19(15)32-21)14-8-12(4-6-16(14)25)9-17(26)18-7-5-13(24)11-27-18;1-4-2-3/h4-9,11,15,19-20H,10H2,1-3H3,(H,28,29,30);2H,1H3/b17-9-;. The maximum Gasteiger partial charge on any atom is 0.413 e. The number of pyridine rings is 1. The van der Waals surface area contributed by atoms with Gasteiger partial charge in [-0.3, -0.25) is 20.1 Å². The van der Waals surface area contributed by atoms with Gasteiger partial charge in [-0.1, -0.05) is 17.8 Å². The number of nitrogens with one attached hydrogen (secondary N) is 1. The third-order valence-electron chi connectivity index (χ3n) is 5.01. The minimum atomic E-state index is -0.633. The Morgan fingerprint density at radius 1 is 1.28 bits per heavy atom. The number of benzene rings is 1. The molecule has 1 N–H and O–H groups in total. The number of ether oxygens (including phenoxy) is 2. The first-order valence-corrected chi connectivity index (χ1v) is 12.7. The van der Waals surface area contributed by atoms with Gasteiger partial charge in [-0.25, -0.2) is 13.6 Å². The maximum absolute atomic E-state index is 14.7. The van der Waals surface area contributed by atoms with Crippen molar-refractivity contribution < 1.29 is 27.8 Å². The zero-order chi connectivity index (χ0) is 26.5. The number of nitrogens with zero attached hydrogens (tertiary/aromatic N) is 2. The van der Waals surface area contributed by atoms with E-state index in [0.717, 1.165) is 10.9 Å². The van der Waals surface area contributed by atoms with Gasteiger partial charge in [0.25, 0.3) is 6.47 Å². The molecule has 3 unspecified atom stereocenters. The topological polar surface area (TPSA) is 89.9 Å². The number of carbonyl (C=O) groups is 2. The normalized spacial score (nSPS) is 20.7. The lowest BCUT2D eigenvalue weighted by Gasteiger charge is -2.23. The zero-order valence-electron chi connectivity index (χ0n) is 20.1. The van der Waals surface area contributed by atoms with Crippen molar-refractivity contribution in [1.29, 1.82) is 0 Å². The van der Waals surface area contributed by atoms with Crippen molar-refractivity contribution in [2.75, 3.05) is 7.11 Å². The molecule has 0 bridgehead atoms. The SMILES string of the molecule is CC(C)(C)OC(=O)NC1=NC(c2cc(/C=C(\F)c3ccc(Br)cn3)ccc2F)C2CC2S1.COC=O. The summed E-state index contributed by atoms with van der Waals surface area (Å²) in [6, 6.07) is 7.26. The van der Waals surface area contributed by atoms with E-state index in [9.17, 15) is 13.6 Å². The average Bonchev–Trinajstić information content (AvgIpc) is 3.59. The van der Waals surface area contributed by atoms with Gasteiger partial charge in [0.05, 0.1) is 18.8 Å². The molecule has 1 aromatic heterocycles. The smallest absolute Gasteiger partial charge is 0.413 e. The molecule has 2 aromatic rings. The summed E-state index contributed by atoms with van der Waals surface area (Å²) in [5.41, 5.74) is 0.450. The molecule has 2 heterocycles. The number of methoxy groups -OCH3 is 1. The van der Waals surface area contributed by atoms with Crippen LogP contribution in [0, 0.1) is 11.7 Å². The molecule has 0 spiro atoms. The van der Waals surface area contributed by atoms with Crippen LogP contribution in [-0.2, 0) is 14.3 Å². The molecule has 192 valence electrons. The van der Waals surface area contributed by atoms with E-state index >= 15 is 0 Å². The Hall–Kier alpha value is -2.79. The van der Waals surface area contributed by atoms with Crippen molar-refractivity contribution in [1.82, 2.24) is 10.3 Å². The van der Waals surface area contributed by atoms with Crippen LogP contribution in [0.5, 0.6) is 0 Å². The highest BCUT2D eigenvalue weighted by Crippen LogP contribution is 2.54. The van der Waals surface area contributed by atoms with Gasteiger partial charge >= 0.3 is 6.09 Å². The molecule has 1 aliphatic heterocycles. The van der Waals surface area contributed by atoms with E-state index in [2.05, 4.69) is 36.0 Å². The molecular formula is C25H26BrF2N3O4S. The van der Waals surface area contributed by atoms with E-state index < -0.39 is 29.4 Å². The Kier molecular flexibility index (Phi) is 9.24. The van der Waals surface area contributed by atoms with Crippen LogP contribution in [0.15, 0.2) is 46.0 Å². The average molecular weight is 582 g/mol. The molecule has 3 atom stereocenters. The minimum Gasteiger partial charge on any atom is -0.471 e. The Balaban J connectivity index is 0.000000840. The van der Waals surface area contributed by atoms with Gasteiger partial charge in [0, 0.05) is 21.5 Å². The lowest BCUT2D eigenvalue weighted by Crippen LogP contribution is -2.36. The second-order valence-corrected chi connectivity index (χ2v) is 11.2. The number of alkyl carbamates (subject to hydrolysis) is 1. The predicted molar refractivity (Wildman–Crippen MR) is 139 cm³/mol. The highest BCUT2D eigenvalue weighted by atomic mass is 79.9. The largest absolute Gasteiger partial charge is 0.471 e. The number of hydrogen-bond acceptors (Lipinski definition) is 7. The van der Waals surface area contributed by atoms with Crippen molar-refractivity contribution >= 4 is 57.3 Å². The molecule has 1 aliphatic carbocycles. The summed E-state index contributed by atoms with van der Waals surface area (Å²) in [5, 5.41) is 3.33. The second-order valence-electron chi connectivity index (χ2n) is 9.03. The summed E-state index contributed by atoms with van der Waals surface area (Å²) in [6.45, 7) is 5.71. The molecule has 1 amide bonds. The molecule has 0 radical (unpaired) electrons. The summed E-state index contributed by atoms with van der Waals surface area (Å²) < 4.78 is 39.3. The van der Waals surface area contributed by atoms with Crippen LogP contribution in [0.1, 0.15) is 50.1 Å². The van der Waals surface area contributed by atoms with E-state index in [1.807, 2.05) is 0 Å². The lowest BCUT2D eigenvalue weighted by molar-refractivity contribution is -0.126. The zero-order valence-corrected chi connectivity index (χ0v) is 22.5. The molecule has 11 heteroatoms. The number of carbonyl (C=O) groups excluding carboxylic acids is 2. The Labute approximate surface area is 220 Å². The lowest BCUT2D eigenvalue weighted by atomic mass is 9.99. The number of amidine groups is 1. The fourth-order valence-electron chi connectivity index (χ4n) is 3.42. The Morgan fingerprint density at radius 3 is 2.61 bits per heavy atom. The van der Waals surface area contributed by atoms with Crippen LogP contribution in [0.3, 0.4) is 0 Å². The van der Waals surface area contributed by atoms with Gasteiger partial charge in [-0.15, -0.1) is 0 Å².